The zero-order valence-corrected chi connectivity index (χ0v) is 19.6. The molecule has 1 amide bonds. The van der Waals surface area contributed by atoms with Gasteiger partial charge in [0.15, 0.2) is 8.32 Å². The van der Waals surface area contributed by atoms with Gasteiger partial charge in [-0.2, -0.15) is 0 Å². The van der Waals surface area contributed by atoms with E-state index in [1.165, 1.54) is 0 Å². The van der Waals surface area contributed by atoms with Crippen molar-refractivity contribution in [3.05, 3.63) is 0 Å². The van der Waals surface area contributed by atoms with Crippen LogP contribution in [0, 0.1) is 5.41 Å². The molecule has 0 radical (unpaired) electrons. The summed E-state index contributed by atoms with van der Waals surface area (Å²) < 4.78 is 6.73. The lowest BCUT2D eigenvalue weighted by Crippen LogP contribution is -2.46. The van der Waals surface area contributed by atoms with Crippen molar-refractivity contribution in [3.63, 3.8) is 0 Å². The Morgan fingerprint density at radius 3 is 2.40 bits per heavy atom. The molecule has 1 rings (SSSR count). The molecule has 0 unspecified atom stereocenters. The predicted molar refractivity (Wildman–Crippen MR) is 114 cm³/mol. The van der Waals surface area contributed by atoms with Crippen molar-refractivity contribution in [2.45, 2.75) is 84.7 Å². The number of aliphatic hydroxyl groups excluding tert-OH is 1. The molecule has 0 saturated carbocycles. The summed E-state index contributed by atoms with van der Waals surface area (Å²) in [7, 11) is -1.81. The zero-order chi connectivity index (χ0) is 19.6. The molecule has 0 aromatic carbocycles. The molecule has 1 saturated heterocycles. The van der Waals surface area contributed by atoms with Crippen molar-refractivity contribution >= 4 is 42.5 Å². The normalized spacial score (nSPS) is 20.9. The van der Waals surface area contributed by atoms with Gasteiger partial charge in [0.2, 0.25) is 5.91 Å². The molecule has 0 aliphatic carbocycles. The Labute approximate surface area is 164 Å². The van der Waals surface area contributed by atoms with Crippen LogP contribution in [-0.4, -0.2) is 53.1 Å². The van der Waals surface area contributed by atoms with E-state index in [2.05, 4.69) is 54.6 Å². The Morgan fingerprint density at radius 2 is 1.92 bits per heavy atom. The highest BCUT2D eigenvalue weighted by Gasteiger charge is 2.41. The van der Waals surface area contributed by atoms with Crippen LogP contribution >= 0.6 is 24.0 Å². The summed E-state index contributed by atoms with van der Waals surface area (Å²) in [4.78, 5) is 14.4. The van der Waals surface area contributed by atoms with Gasteiger partial charge in [-0.1, -0.05) is 65.5 Å². The summed E-state index contributed by atoms with van der Waals surface area (Å²) in [6.45, 7) is 17.8. The fourth-order valence-corrected chi connectivity index (χ4v) is 5.22. The monoisotopic (exact) mass is 405 g/mol. The van der Waals surface area contributed by atoms with Gasteiger partial charge in [0, 0.05) is 12.4 Å². The molecule has 146 valence electrons. The van der Waals surface area contributed by atoms with Gasteiger partial charge in [-0.15, -0.1) is 0 Å². The topological polar surface area (TPSA) is 49.8 Å². The van der Waals surface area contributed by atoms with Crippen LogP contribution in [0.25, 0.3) is 0 Å². The minimum atomic E-state index is -1.81. The van der Waals surface area contributed by atoms with Gasteiger partial charge in [-0.3, -0.25) is 9.69 Å². The minimum absolute atomic E-state index is 0.0282. The molecule has 1 aliphatic heterocycles. The molecule has 0 aromatic heterocycles. The van der Waals surface area contributed by atoms with Gasteiger partial charge in [0.05, 0.1) is 18.6 Å². The Morgan fingerprint density at radius 1 is 1.36 bits per heavy atom. The zero-order valence-electron chi connectivity index (χ0n) is 17.0. The predicted octanol–water partition coefficient (Wildman–Crippen LogP) is 4.42. The van der Waals surface area contributed by atoms with Crippen molar-refractivity contribution < 1.29 is 14.3 Å². The standard InChI is InChI=1S/C18H35NO3S2Si/c1-17(2,3)14-12-24-16(23)19(14)15(21)11-13(20)9-10-22-25(7,8)18(4,5)6/h13-14,20H,9-12H2,1-8H3/t13-,14-/m1/s1. The van der Waals surface area contributed by atoms with E-state index in [1.807, 2.05) is 0 Å². The van der Waals surface area contributed by atoms with Crippen molar-refractivity contribution in [1.29, 1.82) is 0 Å². The molecule has 1 fully saturated rings. The third-order valence-corrected chi connectivity index (χ3v) is 11.3. The highest BCUT2D eigenvalue weighted by atomic mass is 32.2. The first-order valence-electron chi connectivity index (χ1n) is 8.97. The fraction of sp³-hybridized carbons (Fsp3) is 0.889. The first-order chi connectivity index (χ1) is 11.2. The number of thioether (sulfide) groups is 1. The van der Waals surface area contributed by atoms with Crippen LogP contribution in [0.5, 0.6) is 0 Å². The van der Waals surface area contributed by atoms with Crippen LogP contribution in [0.15, 0.2) is 0 Å². The SMILES string of the molecule is CC(C)(C)[C@H]1CSC(=S)N1C(=O)C[C@H](O)CCO[Si](C)(C)C(C)(C)C. The molecular weight excluding hydrogens is 370 g/mol. The van der Waals surface area contributed by atoms with Gasteiger partial charge in [0.25, 0.3) is 0 Å². The average molecular weight is 406 g/mol. The second kappa shape index (κ2) is 8.38. The van der Waals surface area contributed by atoms with Crippen molar-refractivity contribution in [2.24, 2.45) is 5.41 Å². The summed E-state index contributed by atoms with van der Waals surface area (Å²) in [6, 6.07) is 0.0909. The maximum atomic E-state index is 12.7. The second-order valence-electron chi connectivity index (χ2n) is 9.48. The average Bonchev–Trinajstić information content (AvgIpc) is 2.78. The molecule has 1 N–H and O–H groups in total. The summed E-state index contributed by atoms with van der Waals surface area (Å²) in [6.07, 6.45) is -0.105. The van der Waals surface area contributed by atoms with E-state index < -0.39 is 14.4 Å². The summed E-state index contributed by atoms with van der Waals surface area (Å²) in [5.41, 5.74) is -0.0282. The number of rotatable bonds is 6. The fourth-order valence-electron chi connectivity index (χ4n) is 2.40. The molecule has 0 aromatic rings. The van der Waals surface area contributed by atoms with Crippen molar-refractivity contribution in [3.8, 4) is 0 Å². The molecule has 1 heterocycles. The number of amides is 1. The number of carbonyl (C=O) groups is 1. The maximum absolute atomic E-state index is 12.7. The first kappa shape index (κ1) is 23.1. The van der Waals surface area contributed by atoms with E-state index in [0.29, 0.717) is 17.3 Å². The Balaban J connectivity index is 2.55. The van der Waals surface area contributed by atoms with Crippen LogP contribution in [0.3, 0.4) is 0 Å². The summed E-state index contributed by atoms with van der Waals surface area (Å²) in [5.74, 6) is 0.758. The number of hydrogen-bond acceptors (Lipinski definition) is 5. The number of hydrogen-bond donors (Lipinski definition) is 1. The van der Waals surface area contributed by atoms with Crippen LogP contribution < -0.4 is 0 Å². The highest BCUT2D eigenvalue weighted by molar-refractivity contribution is 8.23. The molecule has 25 heavy (non-hydrogen) atoms. The maximum Gasteiger partial charge on any atom is 0.230 e. The third kappa shape index (κ3) is 6.31. The Hall–Kier alpha value is 0.0469. The second-order valence-corrected chi connectivity index (χ2v) is 15.9. The smallest absolute Gasteiger partial charge is 0.230 e. The highest BCUT2D eigenvalue weighted by Crippen LogP contribution is 2.37. The largest absolute Gasteiger partial charge is 0.417 e. The van der Waals surface area contributed by atoms with Gasteiger partial charge in [-0.25, -0.2) is 0 Å². The van der Waals surface area contributed by atoms with Gasteiger partial charge < -0.3 is 9.53 Å². The van der Waals surface area contributed by atoms with E-state index in [1.54, 1.807) is 16.7 Å². The van der Waals surface area contributed by atoms with E-state index in [-0.39, 0.29) is 28.8 Å². The Bertz CT molecular complexity index is 498. The molecule has 1 aliphatic rings. The van der Waals surface area contributed by atoms with Crippen LogP contribution in [0.1, 0.15) is 54.4 Å². The molecule has 0 spiro atoms. The van der Waals surface area contributed by atoms with Crippen molar-refractivity contribution in [1.82, 2.24) is 4.90 Å². The number of aliphatic hydroxyl groups is 1. The lowest BCUT2D eigenvalue weighted by Gasteiger charge is -2.36. The molecule has 4 nitrogen and oxygen atoms in total. The number of carbonyl (C=O) groups excluding carboxylic acids is 1. The van der Waals surface area contributed by atoms with Crippen LogP contribution in [-0.2, 0) is 9.22 Å². The molecular formula is C18H35NO3S2Si. The third-order valence-electron chi connectivity index (χ3n) is 5.27. The lowest BCUT2D eigenvalue weighted by molar-refractivity contribution is -0.131. The molecule has 7 heteroatoms. The van der Waals surface area contributed by atoms with E-state index in [9.17, 15) is 9.90 Å². The molecule has 0 bridgehead atoms. The quantitative estimate of drug-likeness (QED) is 0.523. The summed E-state index contributed by atoms with van der Waals surface area (Å²) in [5, 5.41) is 10.4. The van der Waals surface area contributed by atoms with Gasteiger partial charge in [-0.05, 0) is 30.0 Å². The number of thiocarbonyl (C=S) groups is 1. The first-order valence-corrected chi connectivity index (χ1v) is 13.3. The van der Waals surface area contributed by atoms with Crippen LogP contribution in [0.2, 0.25) is 18.1 Å². The van der Waals surface area contributed by atoms with E-state index in [0.717, 1.165) is 5.75 Å². The van der Waals surface area contributed by atoms with Crippen molar-refractivity contribution in [2.75, 3.05) is 12.4 Å². The lowest BCUT2D eigenvalue weighted by atomic mass is 9.87. The number of nitrogens with zero attached hydrogens (tertiary/aromatic N) is 1. The van der Waals surface area contributed by atoms with E-state index in [4.69, 9.17) is 16.6 Å². The van der Waals surface area contributed by atoms with Crippen LogP contribution in [0.4, 0.5) is 0 Å². The van der Waals surface area contributed by atoms with E-state index >= 15 is 0 Å². The van der Waals surface area contributed by atoms with Gasteiger partial charge in [0.1, 0.15) is 4.32 Å². The Kier molecular flexibility index (Phi) is 7.74. The summed E-state index contributed by atoms with van der Waals surface area (Å²) >= 11 is 6.92. The molecule has 2 atom stereocenters. The van der Waals surface area contributed by atoms with Gasteiger partial charge >= 0.3 is 0 Å². The minimum Gasteiger partial charge on any atom is -0.417 e.